The molecule has 3 aromatic rings. The first kappa shape index (κ1) is 18.6. The van der Waals surface area contributed by atoms with Crippen LogP contribution < -0.4 is 5.73 Å². The molecule has 0 amide bonds. The van der Waals surface area contributed by atoms with Crippen molar-refractivity contribution >= 4 is 50.5 Å². The Morgan fingerprint density at radius 1 is 0.917 bits per heavy atom. The van der Waals surface area contributed by atoms with Gasteiger partial charge in [-0.25, -0.2) is 0 Å². The maximum atomic E-state index is 11.9. The van der Waals surface area contributed by atoms with Gasteiger partial charge in [0.05, 0.1) is 20.6 Å². The molecule has 1 heterocycles. The maximum absolute atomic E-state index is 11.9. The zero-order chi connectivity index (χ0) is 17.7. The third-order valence-electron chi connectivity index (χ3n) is 2.80. The van der Waals surface area contributed by atoms with E-state index in [1.54, 1.807) is 36.4 Å². The summed E-state index contributed by atoms with van der Waals surface area (Å²) in [6.07, 6.45) is 1.31. The Morgan fingerprint density at radius 2 is 1.58 bits per heavy atom. The van der Waals surface area contributed by atoms with Gasteiger partial charge < -0.3 is 5.73 Å². The van der Waals surface area contributed by atoms with Crippen LogP contribution in [0.3, 0.4) is 0 Å². The Morgan fingerprint density at radius 3 is 2.08 bits per heavy atom. The standard InChI is InChI=1S/C9H7ClN2O2S.C6H5Cl2N/c10-9-6-7-12(11-9)15(13,14)8-4-2-1-3-5-8;7-4-2-1-3-5(9)6(4)8/h1-7H;1-3H,9H2. The van der Waals surface area contributed by atoms with E-state index in [1.807, 2.05) is 0 Å². The molecule has 0 saturated heterocycles. The van der Waals surface area contributed by atoms with Crippen LogP contribution in [0.5, 0.6) is 0 Å². The second-order valence-corrected chi connectivity index (χ2v) is 7.44. The molecular formula is C15H12Cl3N3O2S. The van der Waals surface area contributed by atoms with E-state index in [9.17, 15) is 8.42 Å². The number of hydrogen-bond donors (Lipinski definition) is 1. The van der Waals surface area contributed by atoms with Crippen LogP contribution >= 0.6 is 34.8 Å². The van der Waals surface area contributed by atoms with Gasteiger partial charge >= 0.3 is 0 Å². The molecule has 3 rings (SSSR count). The Labute approximate surface area is 154 Å². The molecule has 24 heavy (non-hydrogen) atoms. The molecule has 0 bridgehead atoms. The fourth-order valence-electron chi connectivity index (χ4n) is 1.64. The van der Waals surface area contributed by atoms with Gasteiger partial charge in [-0.2, -0.15) is 12.5 Å². The third kappa shape index (κ3) is 4.42. The van der Waals surface area contributed by atoms with Gasteiger partial charge in [0.15, 0.2) is 5.15 Å². The molecule has 0 aliphatic heterocycles. The highest BCUT2D eigenvalue weighted by atomic mass is 35.5. The number of nitrogens with two attached hydrogens (primary N) is 1. The SMILES string of the molecule is Nc1cccc(Cl)c1Cl.O=S(=O)(c1ccccc1)n1ccc(Cl)n1. The normalized spacial score (nSPS) is 10.8. The highest BCUT2D eigenvalue weighted by Gasteiger charge is 2.16. The van der Waals surface area contributed by atoms with E-state index in [1.165, 1.54) is 24.4 Å². The summed E-state index contributed by atoms with van der Waals surface area (Å²) in [5, 5.41) is 4.73. The lowest BCUT2D eigenvalue weighted by atomic mass is 10.3. The third-order valence-corrected chi connectivity index (χ3v) is 5.40. The molecule has 0 radical (unpaired) electrons. The first-order chi connectivity index (χ1) is 11.3. The summed E-state index contributed by atoms with van der Waals surface area (Å²) in [6, 6.07) is 14.6. The molecular weight excluding hydrogens is 393 g/mol. The Balaban J connectivity index is 0.000000198. The van der Waals surface area contributed by atoms with E-state index in [-0.39, 0.29) is 10.0 Å². The van der Waals surface area contributed by atoms with E-state index in [0.29, 0.717) is 15.7 Å². The predicted octanol–water partition coefficient (Wildman–Crippen LogP) is 4.35. The van der Waals surface area contributed by atoms with E-state index in [0.717, 1.165) is 4.09 Å². The molecule has 0 fully saturated rings. The molecule has 2 aromatic carbocycles. The number of anilines is 1. The average Bonchev–Trinajstić information content (AvgIpc) is 3.01. The average molecular weight is 405 g/mol. The molecule has 2 N–H and O–H groups in total. The van der Waals surface area contributed by atoms with Crippen molar-refractivity contribution in [3.63, 3.8) is 0 Å². The van der Waals surface area contributed by atoms with Crippen molar-refractivity contribution in [3.05, 3.63) is 76.0 Å². The molecule has 126 valence electrons. The zero-order valence-corrected chi connectivity index (χ0v) is 15.2. The fraction of sp³-hybridized carbons (Fsp3) is 0. The van der Waals surface area contributed by atoms with Gasteiger partial charge in [-0.1, -0.05) is 59.1 Å². The highest BCUT2D eigenvalue weighted by Crippen LogP contribution is 2.26. The summed E-state index contributed by atoms with van der Waals surface area (Å²) in [6.45, 7) is 0. The monoisotopic (exact) mass is 403 g/mol. The molecule has 1 aromatic heterocycles. The topological polar surface area (TPSA) is 78.0 Å². The summed E-state index contributed by atoms with van der Waals surface area (Å²) < 4.78 is 24.6. The van der Waals surface area contributed by atoms with Gasteiger partial charge in [0, 0.05) is 6.20 Å². The van der Waals surface area contributed by atoms with Crippen molar-refractivity contribution in [1.82, 2.24) is 9.19 Å². The summed E-state index contributed by atoms with van der Waals surface area (Å²) in [5.41, 5.74) is 5.92. The molecule has 0 aliphatic rings. The lowest BCUT2D eigenvalue weighted by Crippen LogP contribution is -2.13. The van der Waals surface area contributed by atoms with Crippen molar-refractivity contribution in [2.75, 3.05) is 5.73 Å². The summed E-state index contributed by atoms with van der Waals surface area (Å²) in [4.78, 5) is 0.185. The Hall–Kier alpha value is -1.73. The van der Waals surface area contributed by atoms with Crippen LogP contribution in [0.15, 0.2) is 65.7 Å². The maximum Gasteiger partial charge on any atom is 0.282 e. The number of nitrogens with zero attached hydrogens (tertiary/aromatic N) is 2. The molecule has 0 unspecified atom stereocenters. The molecule has 5 nitrogen and oxygen atoms in total. The minimum absolute atomic E-state index is 0.148. The van der Waals surface area contributed by atoms with Crippen molar-refractivity contribution in [2.24, 2.45) is 0 Å². The van der Waals surface area contributed by atoms with Gasteiger partial charge in [0.2, 0.25) is 0 Å². The minimum atomic E-state index is -3.60. The Bertz CT molecular complexity index is 908. The molecule has 0 aliphatic carbocycles. The molecule has 9 heteroatoms. The van der Waals surface area contributed by atoms with E-state index < -0.39 is 10.0 Å². The van der Waals surface area contributed by atoms with Crippen LogP contribution in [0.2, 0.25) is 15.2 Å². The van der Waals surface area contributed by atoms with E-state index >= 15 is 0 Å². The van der Waals surface area contributed by atoms with Gasteiger partial charge in [-0.15, -0.1) is 5.10 Å². The summed E-state index contributed by atoms with van der Waals surface area (Å²) in [5.74, 6) is 0. The van der Waals surface area contributed by atoms with Crippen LogP contribution in [0, 0.1) is 0 Å². The largest absolute Gasteiger partial charge is 0.397 e. The molecule has 0 atom stereocenters. The number of rotatable bonds is 2. The lowest BCUT2D eigenvalue weighted by Gasteiger charge is -2.02. The van der Waals surface area contributed by atoms with Crippen LogP contribution in [0.4, 0.5) is 5.69 Å². The first-order valence-corrected chi connectivity index (χ1v) is 9.11. The quantitative estimate of drug-likeness (QED) is 0.644. The van der Waals surface area contributed by atoms with Crippen molar-refractivity contribution in [1.29, 1.82) is 0 Å². The van der Waals surface area contributed by atoms with Crippen LogP contribution in [-0.4, -0.2) is 17.6 Å². The van der Waals surface area contributed by atoms with Crippen LogP contribution in [0.25, 0.3) is 0 Å². The van der Waals surface area contributed by atoms with Crippen LogP contribution in [-0.2, 0) is 10.0 Å². The van der Waals surface area contributed by atoms with Crippen molar-refractivity contribution in [2.45, 2.75) is 4.90 Å². The van der Waals surface area contributed by atoms with Crippen LogP contribution in [0.1, 0.15) is 0 Å². The van der Waals surface area contributed by atoms with Gasteiger partial charge in [-0.05, 0) is 30.3 Å². The number of aromatic nitrogens is 2. The number of hydrogen-bond acceptors (Lipinski definition) is 4. The summed E-state index contributed by atoms with van der Waals surface area (Å²) in [7, 11) is -3.60. The fourth-order valence-corrected chi connectivity index (χ4v) is 3.26. The van der Waals surface area contributed by atoms with Crippen molar-refractivity contribution in [3.8, 4) is 0 Å². The Kier molecular flexibility index (Phi) is 6.12. The van der Waals surface area contributed by atoms with Gasteiger partial charge in [0.1, 0.15) is 0 Å². The van der Waals surface area contributed by atoms with Crippen molar-refractivity contribution < 1.29 is 8.42 Å². The number of halogens is 3. The second-order valence-electron chi connectivity index (χ2n) is 4.47. The summed E-state index contributed by atoms with van der Waals surface area (Å²) >= 11 is 16.8. The number of nitrogen functional groups attached to an aromatic ring is 1. The smallest absolute Gasteiger partial charge is 0.282 e. The van der Waals surface area contributed by atoms with E-state index in [2.05, 4.69) is 5.10 Å². The first-order valence-electron chi connectivity index (χ1n) is 6.53. The van der Waals surface area contributed by atoms with Gasteiger partial charge in [-0.3, -0.25) is 0 Å². The highest BCUT2D eigenvalue weighted by molar-refractivity contribution is 7.89. The molecule has 0 saturated carbocycles. The second kappa shape index (κ2) is 7.90. The van der Waals surface area contributed by atoms with E-state index in [4.69, 9.17) is 40.5 Å². The minimum Gasteiger partial charge on any atom is -0.397 e. The zero-order valence-electron chi connectivity index (χ0n) is 12.1. The van der Waals surface area contributed by atoms with Gasteiger partial charge in [0.25, 0.3) is 10.0 Å². The predicted molar refractivity (Wildman–Crippen MR) is 97.1 cm³/mol. The molecule has 0 spiro atoms. The number of benzene rings is 2. The lowest BCUT2D eigenvalue weighted by molar-refractivity contribution is 0.580.